The monoisotopic (exact) mass is 442 g/mol. The van der Waals surface area contributed by atoms with E-state index >= 15 is 0 Å². The van der Waals surface area contributed by atoms with E-state index in [1.54, 1.807) is 11.6 Å². The van der Waals surface area contributed by atoms with Gasteiger partial charge < -0.3 is 10.6 Å². The van der Waals surface area contributed by atoms with Crippen LogP contribution in [0.25, 0.3) is 11.8 Å². The van der Waals surface area contributed by atoms with Crippen LogP contribution in [0.2, 0.25) is 0 Å². The molecule has 0 bridgehead atoms. The molecule has 0 aliphatic carbocycles. The molecule has 2 N–H and O–H groups in total. The Bertz CT molecular complexity index is 1180. The van der Waals surface area contributed by atoms with Gasteiger partial charge in [0.25, 0.3) is 0 Å². The first-order chi connectivity index (χ1) is 15.1. The van der Waals surface area contributed by atoms with Crippen molar-refractivity contribution in [2.75, 3.05) is 10.6 Å². The van der Waals surface area contributed by atoms with Crippen LogP contribution < -0.4 is 10.6 Å². The van der Waals surface area contributed by atoms with Gasteiger partial charge in [0.15, 0.2) is 0 Å². The maximum absolute atomic E-state index is 13.4. The van der Waals surface area contributed by atoms with Gasteiger partial charge in [-0.2, -0.15) is 18.3 Å². The molecule has 0 aliphatic rings. The third-order valence-corrected chi connectivity index (χ3v) is 4.65. The van der Waals surface area contributed by atoms with Gasteiger partial charge in [0.1, 0.15) is 0 Å². The highest BCUT2D eigenvalue weighted by atomic mass is 19.4. The quantitative estimate of drug-likeness (QED) is 0.539. The molecule has 0 unspecified atom stereocenters. The van der Waals surface area contributed by atoms with Crippen LogP contribution in [0.3, 0.4) is 0 Å². The third-order valence-electron chi connectivity index (χ3n) is 4.65. The minimum Gasteiger partial charge on any atom is -0.326 e. The molecule has 0 saturated heterocycles. The fraction of sp³-hybridized carbons (Fsp3) is 0.174. The number of halogens is 3. The number of aromatic nitrogens is 2. The maximum atomic E-state index is 13.4. The number of rotatable bonds is 5. The van der Waals surface area contributed by atoms with Gasteiger partial charge in [-0.25, -0.2) is 4.68 Å². The van der Waals surface area contributed by atoms with Crippen LogP contribution in [0.5, 0.6) is 0 Å². The van der Waals surface area contributed by atoms with Gasteiger partial charge in [-0.1, -0.05) is 18.2 Å². The Balaban J connectivity index is 1.83. The van der Waals surface area contributed by atoms with E-state index in [1.165, 1.54) is 19.1 Å². The van der Waals surface area contributed by atoms with Gasteiger partial charge >= 0.3 is 6.18 Å². The molecule has 1 aromatic heterocycles. The molecule has 6 nitrogen and oxygen atoms in total. The minimum absolute atomic E-state index is 0.0158. The van der Waals surface area contributed by atoms with E-state index in [0.29, 0.717) is 11.3 Å². The highest BCUT2D eigenvalue weighted by Gasteiger charge is 2.34. The average Bonchev–Trinajstić information content (AvgIpc) is 3.00. The molecular formula is C23H21F3N4O2. The molecule has 0 spiro atoms. The number of para-hydroxylation sites is 1. The number of aryl methyl sites for hydroxylation is 1. The topological polar surface area (TPSA) is 76.0 Å². The second-order valence-corrected chi connectivity index (χ2v) is 7.09. The molecule has 3 rings (SSSR count). The number of amides is 2. The SMILES string of the molecule is CC(=O)Nc1ccc(NC(=O)/C=C/c2c(C)nn(-c3ccccc3)c2C)c(C(F)(F)F)c1. The van der Waals surface area contributed by atoms with Gasteiger partial charge in [-0.3, -0.25) is 9.59 Å². The smallest absolute Gasteiger partial charge is 0.326 e. The lowest BCUT2D eigenvalue weighted by molar-refractivity contribution is -0.137. The Morgan fingerprint density at radius 2 is 1.72 bits per heavy atom. The summed E-state index contributed by atoms with van der Waals surface area (Å²) >= 11 is 0. The first-order valence-electron chi connectivity index (χ1n) is 9.66. The van der Waals surface area contributed by atoms with Crippen molar-refractivity contribution < 1.29 is 22.8 Å². The molecule has 0 radical (unpaired) electrons. The number of nitrogens with one attached hydrogen (secondary N) is 2. The van der Waals surface area contributed by atoms with Crippen molar-refractivity contribution in [2.24, 2.45) is 0 Å². The summed E-state index contributed by atoms with van der Waals surface area (Å²) in [4.78, 5) is 23.5. The summed E-state index contributed by atoms with van der Waals surface area (Å²) in [6.45, 7) is 4.82. The Morgan fingerprint density at radius 1 is 1.03 bits per heavy atom. The summed E-state index contributed by atoms with van der Waals surface area (Å²) in [5, 5.41) is 9.03. The average molecular weight is 442 g/mol. The lowest BCUT2D eigenvalue weighted by atomic mass is 10.1. The van der Waals surface area contributed by atoms with Crippen LogP contribution in [0.15, 0.2) is 54.6 Å². The predicted molar refractivity (Wildman–Crippen MR) is 116 cm³/mol. The highest BCUT2D eigenvalue weighted by molar-refractivity contribution is 6.03. The van der Waals surface area contributed by atoms with E-state index < -0.39 is 29.2 Å². The van der Waals surface area contributed by atoms with Crippen molar-refractivity contribution in [3.8, 4) is 5.69 Å². The standard InChI is InChI=1S/C23H21F3N4O2/c1-14-19(15(2)30(29-14)18-7-5-4-6-8-18)10-12-22(32)28-21-11-9-17(27-16(3)31)13-20(21)23(24,25)26/h4-13H,1-3H3,(H,27,31)(H,28,32)/b12-10+. The Kier molecular flexibility index (Phi) is 6.47. The zero-order valence-corrected chi connectivity index (χ0v) is 17.6. The molecule has 3 aromatic rings. The second kappa shape index (κ2) is 9.09. The first kappa shape index (κ1) is 22.8. The number of carbonyl (C=O) groups excluding carboxylic acids is 2. The van der Waals surface area contributed by atoms with Gasteiger partial charge in [-0.15, -0.1) is 0 Å². The Morgan fingerprint density at radius 3 is 2.34 bits per heavy atom. The molecule has 2 aromatic carbocycles. The van der Waals surface area contributed by atoms with E-state index in [4.69, 9.17) is 0 Å². The molecule has 0 atom stereocenters. The number of anilines is 2. The summed E-state index contributed by atoms with van der Waals surface area (Å²) < 4.78 is 42.1. The number of carbonyl (C=O) groups is 2. The number of alkyl halides is 3. The number of benzene rings is 2. The number of nitrogens with zero attached hydrogens (tertiary/aromatic N) is 2. The van der Waals surface area contributed by atoms with Crippen LogP contribution in [0.1, 0.15) is 29.4 Å². The van der Waals surface area contributed by atoms with E-state index in [1.807, 2.05) is 37.3 Å². The van der Waals surface area contributed by atoms with Crippen LogP contribution in [0, 0.1) is 13.8 Å². The lowest BCUT2D eigenvalue weighted by Gasteiger charge is -2.15. The van der Waals surface area contributed by atoms with Crippen molar-refractivity contribution >= 4 is 29.3 Å². The van der Waals surface area contributed by atoms with Crippen molar-refractivity contribution in [2.45, 2.75) is 26.9 Å². The molecule has 9 heteroatoms. The van der Waals surface area contributed by atoms with E-state index in [9.17, 15) is 22.8 Å². The Labute approximate surface area is 182 Å². The predicted octanol–water partition coefficient (Wildman–Crippen LogP) is 5.12. The van der Waals surface area contributed by atoms with E-state index in [-0.39, 0.29) is 5.69 Å². The largest absolute Gasteiger partial charge is 0.418 e. The summed E-state index contributed by atoms with van der Waals surface area (Å²) in [7, 11) is 0. The molecular weight excluding hydrogens is 421 g/mol. The summed E-state index contributed by atoms with van der Waals surface area (Å²) in [5.74, 6) is -1.23. The van der Waals surface area contributed by atoms with Crippen LogP contribution in [-0.4, -0.2) is 21.6 Å². The van der Waals surface area contributed by atoms with Crippen molar-refractivity contribution in [3.63, 3.8) is 0 Å². The normalized spacial score (nSPS) is 11.6. The maximum Gasteiger partial charge on any atom is 0.418 e. The molecule has 1 heterocycles. The van der Waals surface area contributed by atoms with E-state index in [0.717, 1.165) is 29.6 Å². The van der Waals surface area contributed by atoms with E-state index in [2.05, 4.69) is 15.7 Å². The van der Waals surface area contributed by atoms with Gasteiger partial charge in [0, 0.05) is 29.9 Å². The minimum atomic E-state index is -4.72. The highest BCUT2D eigenvalue weighted by Crippen LogP contribution is 2.36. The van der Waals surface area contributed by atoms with Crippen LogP contribution in [0.4, 0.5) is 24.5 Å². The fourth-order valence-electron chi connectivity index (χ4n) is 3.22. The molecule has 0 saturated carbocycles. The van der Waals surface area contributed by atoms with Crippen LogP contribution >= 0.6 is 0 Å². The summed E-state index contributed by atoms with van der Waals surface area (Å²) in [6.07, 6.45) is -2.04. The van der Waals surface area contributed by atoms with Gasteiger partial charge in [0.05, 0.1) is 22.6 Å². The summed E-state index contributed by atoms with van der Waals surface area (Å²) in [6, 6.07) is 12.6. The van der Waals surface area contributed by atoms with Crippen LogP contribution in [-0.2, 0) is 15.8 Å². The van der Waals surface area contributed by atoms with Crippen molar-refractivity contribution in [1.82, 2.24) is 9.78 Å². The Hall–Kier alpha value is -3.88. The molecule has 0 aliphatic heterocycles. The van der Waals surface area contributed by atoms with Gasteiger partial charge in [-0.05, 0) is 50.3 Å². The zero-order chi connectivity index (χ0) is 23.5. The fourth-order valence-corrected chi connectivity index (χ4v) is 3.22. The van der Waals surface area contributed by atoms with Crippen molar-refractivity contribution in [3.05, 3.63) is 77.1 Å². The number of hydrogen-bond acceptors (Lipinski definition) is 3. The molecule has 0 fully saturated rings. The summed E-state index contributed by atoms with van der Waals surface area (Å²) in [5.41, 5.74) is 1.52. The molecule has 166 valence electrons. The van der Waals surface area contributed by atoms with Gasteiger partial charge in [0.2, 0.25) is 11.8 Å². The lowest BCUT2D eigenvalue weighted by Crippen LogP contribution is -2.16. The molecule has 32 heavy (non-hydrogen) atoms. The molecule has 2 amide bonds. The number of hydrogen-bond donors (Lipinski definition) is 2. The first-order valence-corrected chi connectivity index (χ1v) is 9.66. The second-order valence-electron chi connectivity index (χ2n) is 7.09. The zero-order valence-electron chi connectivity index (χ0n) is 17.6. The van der Waals surface area contributed by atoms with Crippen molar-refractivity contribution in [1.29, 1.82) is 0 Å². The third kappa shape index (κ3) is 5.23.